The van der Waals surface area contributed by atoms with E-state index in [1.54, 1.807) is 12.4 Å². The van der Waals surface area contributed by atoms with E-state index >= 15 is 0 Å². The van der Waals surface area contributed by atoms with Crippen LogP contribution >= 0.6 is 0 Å². The average molecular weight is 394 g/mol. The zero-order valence-corrected chi connectivity index (χ0v) is 17.6. The predicted octanol–water partition coefficient (Wildman–Crippen LogP) is 5.46. The zero-order valence-electron chi connectivity index (χ0n) is 17.6. The Balaban J connectivity index is 1.57. The number of anilines is 1. The lowest BCUT2D eigenvalue weighted by atomic mass is 9.91. The van der Waals surface area contributed by atoms with Crippen LogP contribution in [0.2, 0.25) is 0 Å². The summed E-state index contributed by atoms with van der Waals surface area (Å²) in [5, 5.41) is 2.92. The summed E-state index contributed by atoms with van der Waals surface area (Å²) in [6.07, 6.45) is 7.53. The van der Waals surface area contributed by atoms with Gasteiger partial charge in [0.2, 0.25) is 0 Å². The highest BCUT2D eigenvalue weighted by atomic mass is 16.5. The summed E-state index contributed by atoms with van der Waals surface area (Å²) in [6.45, 7) is 8.76. The highest BCUT2D eigenvalue weighted by molar-refractivity contribution is 5.89. The lowest BCUT2D eigenvalue weighted by Crippen LogP contribution is -2.42. The molecule has 1 saturated heterocycles. The van der Waals surface area contributed by atoms with E-state index in [-0.39, 0.29) is 6.03 Å². The van der Waals surface area contributed by atoms with Gasteiger partial charge in [0.1, 0.15) is 5.75 Å². The second kappa shape index (κ2) is 10.1. The average Bonchev–Trinajstić information content (AvgIpc) is 2.70. The van der Waals surface area contributed by atoms with Crippen molar-refractivity contribution < 1.29 is 9.53 Å². The number of carbonyl (C=O) groups is 1. The van der Waals surface area contributed by atoms with Crippen molar-refractivity contribution in [2.24, 2.45) is 11.8 Å². The van der Waals surface area contributed by atoms with Gasteiger partial charge in [-0.3, -0.25) is 4.98 Å². The topological polar surface area (TPSA) is 54.5 Å². The number of nitrogens with one attached hydrogen (secondary N) is 1. The van der Waals surface area contributed by atoms with E-state index in [9.17, 15) is 4.79 Å². The molecule has 0 bridgehead atoms. The summed E-state index contributed by atoms with van der Waals surface area (Å²) in [6, 6.07) is 11.9. The maximum Gasteiger partial charge on any atom is 0.321 e. The standard InChI is InChI=1S/C24H31N3O2/c1-18(2)10-13-29-23-8-4-6-20(15-23)14-21-9-12-27(17-19(21)3)24(28)26-22-7-5-11-25-16-22/h4-8,11,14-16,18-19H,9-10,12-13,17H2,1-3H3,(H,26,28). The number of carbonyl (C=O) groups excluding carboxylic acids is 1. The Labute approximate surface area is 173 Å². The Morgan fingerprint density at radius 3 is 2.93 bits per heavy atom. The van der Waals surface area contributed by atoms with Gasteiger partial charge in [0.05, 0.1) is 18.5 Å². The second-order valence-electron chi connectivity index (χ2n) is 8.09. The molecule has 1 aromatic carbocycles. The molecule has 5 heteroatoms. The fourth-order valence-corrected chi connectivity index (χ4v) is 3.41. The van der Waals surface area contributed by atoms with Crippen molar-refractivity contribution in [2.75, 3.05) is 25.0 Å². The molecule has 1 unspecified atom stereocenters. The normalized spacial score (nSPS) is 18.1. The molecule has 29 heavy (non-hydrogen) atoms. The number of benzene rings is 1. The predicted molar refractivity (Wildman–Crippen MR) is 118 cm³/mol. The number of hydrogen-bond acceptors (Lipinski definition) is 3. The SMILES string of the molecule is CC(C)CCOc1cccc(C=C2CCN(C(=O)Nc3cccnc3)CC2C)c1. The number of aromatic nitrogens is 1. The maximum atomic E-state index is 12.5. The number of likely N-dealkylation sites (tertiary alicyclic amines) is 1. The summed E-state index contributed by atoms with van der Waals surface area (Å²) in [5.41, 5.74) is 3.25. The molecule has 3 rings (SSSR count). The van der Waals surface area contributed by atoms with Gasteiger partial charge in [-0.05, 0) is 54.5 Å². The summed E-state index contributed by atoms with van der Waals surface area (Å²) in [4.78, 5) is 18.4. The minimum absolute atomic E-state index is 0.0653. The van der Waals surface area contributed by atoms with Crippen molar-refractivity contribution >= 4 is 17.8 Å². The van der Waals surface area contributed by atoms with Crippen LogP contribution in [0.25, 0.3) is 6.08 Å². The molecule has 2 heterocycles. The molecule has 0 spiro atoms. The number of urea groups is 1. The van der Waals surface area contributed by atoms with E-state index in [4.69, 9.17) is 4.74 Å². The molecule has 0 saturated carbocycles. The van der Waals surface area contributed by atoms with Crippen molar-refractivity contribution in [1.29, 1.82) is 0 Å². The highest BCUT2D eigenvalue weighted by Crippen LogP contribution is 2.26. The van der Waals surface area contributed by atoms with Gasteiger partial charge in [-0.1, -0.05) is 44.6 Å². The minimum Gasteiger partial charge on any atom is -0.494 e. The number of nitrogens with zero attached hydrogens (tertiary/aromatic N) is 2. The Hall–Kier alpha value is -2.82. The lowest BCUT2D eigenvalue weighted by Gasteiger charge is -2.33. The van der Waals surface area contributed by atoms with Crippen LogP contribution < -0.4 is 10.1 Å². The number of pyridine rings is 1. The number of ether oxygens (including phenoxy) is 1. The monoisotopic (exact) mass is 393 g/mol. The largest absolute Gasteiger partial charge is 0.494 e. The van der Waals surface area contributed by atoms with Gasteiger partial charge in [0.15, 0.2) is 0 Å². The van der Waals surface area contributed by atoms with Crippen molar-refractivity contribution in [3.8, 4) is 5.75 Å². The van der Waals surface area contributed by atoms with Crippen LogP contribution in [-0.2, 0) is 0 Å². The molecule has 1 aliphatic heterocycles. The van der Waals surface area contributed by atoms with Crippen molar-refractivity contribution in [3.63, 3.8) is 0 Å². The lowest BCUT2D eigenvalue weighted by molar-refractivity contribution is 0.198. The molecule has 154 valence electrons. The van der Waals surface area contributed by atoms with E-state index in [1.807, 2.05) is 29.2 Å². The van der Waals surface area contributed by atoms with Gasteiger partial charge in [0.25, 0.3) is 0 Å². The fraction of sp³-hybridized carbons (Fsp3) is 0.417. The molecular weight excluding hydrogens is 362 g/mol. The van der Waals surface area contributed by atoms with Gasteiger partial charge < -0.3 is 15.0 Å². The first-order valence-electron chi connectivity index (χ1n) is 10.4. The number of hydrogen-bond donors (Lipinski definition) is 1. The summed E-state index contributed by atoms with van der Waals surface area (Å²) in [7, 11) is 0. The van der Waals surface area contributed by atoms with Crippen molar-refractivity contribution in [3.05, 3.63) is 59.9 Å². The van der Waals surface area contributed by atoms with Gasteiger partial charge in [-0.25, -0.2) is 4.79 Å². The van der Waals surface area contributed by atoms with Gasteiger partial charge >= 0.3 is 6.03 Å². The number of rotatable bonds is 6. The van der Waals surface area contributed by atoms with E-state index in [0.29, 0.717) is 24.9 Å². The summed E-state index contributed by atoms with van der Waals surface area (Å²) < 4.78 is 5.88. The van der Waals surface area contributed by atoms with Crippen LogP contribution in [0, 0.1) is 11.8 Å². The molecule has 1 N–H and O–H groups in total. The first-order chi connectivity index (χ1) is 14.0. The van der Waals surface area contributed by atoms with Crippen molar-refractivity contribution in [1.82, 2.24) is 9.88 Å². The van der Waals surface area contributed by atoms with Gasteiger partial charge in [-0.2, -0.15) is 0 Å². The molecule has 0 radical (unpaired) electrons. The van der Waals surface area contributed by atoms with Gasteiger partial charge in [-0.15, -0.1) is 0 Å². The molecule has 1 fully saturated rings. The third-order valence-corrected chi connectivity index (χ3v) is 5.17. The van der Waals surface area contributed by atoms with E-state index < -0.39 is 0 Å². The molecule has 0 aliphatic carbocycles. The van der Waals surface area contributed by atoms with E-state index in [0.717, 1.165) is 36.4 Å². The maximum absolute atomic E-state index is 12.5. The third kappa shape index (κ3) is 6.34. The molecule has 1 aliphatic rings. The van der Waals surface area contributed by atoms with E-state index in [1.165, 1.54) is 5.57 Å². The minimum atomic E-state index is -0.0653. The quantitative estimate of drug-likeness (QED) is 0.709. The molecule has 1 aromatic heterocycles. The number of piperidine rings is 1. The molecule has 5 nitrogen and oxygen atoms in total. The highest BCUT2D eigenvalue weighted by Gasteiger charge is 2.24. The zero-order chi connectivity index (χ0) is 20.6. The Bertz CT molecular complexity index is 833. The third-order valence-electron chi connectivity index (χ3n) is 5.17. The molecular formula is C24H31N3O2. The smallest absolute Gasteiger partial charge is 0.321 e. The first kappa shape index (κ1) is 20.9. The van der Waals surface area contributed by atoms with Crippen LogP contribution in [0.1, 0.15) is 39.2 Å². The summed E-state index contributed by atoms with van der Waals surface area (Å²) >= 11 is 0. The Morgan fingerprint density at radius 1 is 1.34 bits per heavy atom. The Morgan fingerprint density at radius 2 is 2.21 bits per heavy atom. The summed E-state index contributed by atoms with van der Waals surface area (Å²) in [5.74, 6) is 1.87. The second-order valence-corrected chi connectivity index (χ2v) is 8.09. The molecule has 2 aromatic rings. The first-order valence-corrected chi connectivity index (χ1v) is 10.4. The van der Waals surface area contributed by atoms with Crippen LogP contribution in [0.5, 0.6) is 5.75 Å². The fourth-order valence-electron chi connectivity index (χ4n) is 3.41. The van der Waals surface area contributed by atoms with Gasteiger partial charge in [0, 0.05) is 19.3 Å². The molecule has 1 atom stereocenters. The number of amides is 2. The van der Waals surface area contributed by atoms with Crippen LogP contribution in [0.4, 0.5) is 10.5 Å². The molecule has 2 amide bonds. The van der Waals surface area contributed by atoms with Crippen LogP contribution in [0.15, 0.2) is 54.4 Å². The van der Waals surface area contributed by atoms with Crippen LogP contribution in [0.3, 0.4) is 0 Å². The van der Waals surface area contributed by atoms with Crippen LogP contribution in [-0.4, -0.2) is 35.6 Å². The van der Waals surface area contributed by atoms with Crippen molar-refractivity contribution in [2.45, 2.75) is 33.6 Å². The Kier molecular flexibility index (Phi) is 7.28. The van der Waals surface area contributed by atoms with E-state index in [2.05, 4.69) is 49.3 Å².